The molecule has 0 spiro atoms. The first-order valence-electron chi connectivity index (χ1n) is 9.25. The molecule has 0 fully saturated rings. The summed E-state index contributed by atoms with van der Waals surface area (Å²) in [6.07, 6.45) is 0.211. The number of hydrogen-bond donors (Lipinski definition) is 2. The number of nitrogens with zero attached hydrogens (tertiary/aromatic N) is 1. The predicted molar refractivity (Wildman–Crippen MR) is 123 cm³/mol. The number of carbonyl (C=O) groups excluding carboxylic acids is 2. The van der Waals surface area contributed by atoms with Crippen LogP contribution in [-0.4, -0.2) is 22.8 Å². The number of fused-ring (bicyclic) bond motifs is 2. The summed E-state index contributed by atoms with van der Waals surface area (Å²) in [5.74, 6) is -1.01. The number of nitrogens with one attached hydrogen (secondary N) is 1. The summed E-state index contributed by atoms with van der Waals surface area (Å²) in [6.45, 7) is 0. The Labute approximate surface area is 186 Å². The molecule has 1 heterocycles. The molecule has 150 valence electrons. The number of benzene rings is 3. The normalized spacial score (nSPS) is 12.1. The van der Waals surface area contributed by atoms with Gasteiger partial charge in [-0.25, -0.2) is 4.98 Å². The molecule has 7 heteroatoms. The third-order valence-electron chi connectivity index (χ3n) is 4.90. The lowest BCUT2D eigenvalue weighted by Gasteiger charge is -2.18. The number of pyridine rings is 1. The van der Waals surface area contributed by atoms with Crippen molar-refractivity contribution < 1.29 is 9.59 Å². The van der Waals surface area contributed by atoms with Crippen LogP contribution in [-0.2, 0) is 11.2 Å². The van der Waals surface area contributed by atoms with Crippen molar-refractivity contribution in [2.75, 3.05) is 0 Å². The SMILES string of the molecule is NC(=O)[C@@H](Cc1cc(Cl)ccc1Br)NC(=O)c1c2ccccc2nc2ccccc12. The number of primary amides is 1. The molecular weight excluding hydrogens is 466 g/mol. The van der Waals surface area contributed by atoms with Crippen LogP contribution in [0.25, 0.3) is 21.8 Å². The summed E-state index contributed by atoms with van der Waals surface area (Å²) < 4.78 is 0.784. The molecule has 0 aliphatic heterocycles. The Morgan fingerprint density at radius 1 is 1.00 bits per heavy atom. The van der Waals surface area contributed by atoms with E-state index in [1.807, 2.05) is 48.5 Å². The van der Waals surface area contributed by atoms with Crippen LogP contribution in [0.2, 0.25) is 5.02 Å². The van der Waals surface area contributed by atoms with Crippen LogP contribution < -0.4 is 11.1 Å². The minimum Gasteiger partial charge on any atom is -0.368 e. The molecule has 2 amide bonds. The van der Waals surface area contributed by atoms with Gasteiger partial charge in [-0.1, -0.05) is 63.9 Å². The fourth-order valence-electron chi connectivity index (χ4n) is 3.46. The van der Waals surface area contributed by atoms with Gasteiger partial charge in [0, 0.05) is 26.7 Å². The highest BCUT2D eigenvalue weighted by atomic mass is 79.9. The van der Waals surface area contributed by atoms with Crippen molar-refractivity contribution in [3.05, 3.63) is 87.4 Å². The molecule has 4 rings (SSSR count). The topological polar surface area (TPSA) is 85.1 Å². The van der Waals surface area contributed by atoms with Gasteiger partial charge in [0.15, 0.2) is 0 Å². The van der Waals surface area contributed by atoms with E-state index in [0.717, 1.165) is 10.0 Å². The fourth-order valence-corrected chi connectivity index (χ4v) is 4.06. The van der Waals surface area contributed by atoms with Gasteiger partial charge >= 0.3 is 0 Å². The van der Waals surface area contributed by atoms with Crippen molar-refractivity contribution in [1.29, 1.82) is 0 Å². The molecule has 0 saturated heterocycles. The third kappa shape index (κ3) is 4.01. The molecular formula is C23H17BrClN3O2. The number of amides is 2. The summed E-state index contributed by atoms with van der Waals surface area (Å²) in [5.41, 5.74) is 8.26. The number of carbonyl (C=O) groups is 2. The monoisotopic (exact) mass is 481 g/mol. The zero-order valence-electron chi connectivity index (χ0n) is 15.7. The van der Waals surface area contributed by atoms with Crippen LogP contribution >= 0.6 is 27.5 Å². The van der Waals surface area contributed by atoms with Crippen LogP contribution in [0.1, 0.15) is 15.9 Å². The van der Waals surface area contributed by atoms with Gasteiger partial charge in [0.05, 0.1) is 16.6 Å². The number of hydrogen-bond acceptors (Lipinski definition) is 3. The van der Waals surface area contributed by atoms with Crippen LogP contribution in [0.5, 0.6) is 0 Å². The van der Waals surface area contributed by atoms with E-state index >= 15 is 0 Å². The first kappa shape index (κ1) is 20.3. The lowest BCUT2D eigenvalue weighted by molar-refractivity contribution is -0.119. The van der Waals surface area contributed by atoms with Crippen molar-refractivity contribution in [3.63, 3.8) is 0 Å². The minimum absolute atomic E-state index is 0.211. The maximum Gasteiger partial charge on any atom is 0.253 e. The van der Waals surface area contributed by atoms with E-state index in [2.05, 4.69) is 26.2 Å². The largest absolute Gasteiger partial charge is 0.368 e. The third-order valence-corrected chi connectivity index (χ3v) is 5.90. The highest BCUT2D eigenvalue weighted by Crippen LogP contribution is 2.27. The van der Waals surface area contributed by atoms with E-state index < -0.39 is 11.9 Å². The second kappa shape index (κ2) is 8.42. The molecule has 0 unspecified atom stereocenters. The van der Waals surface area contributed by atoms with E-state index in [0.29, 0.717) is 32.4 Å². The smallest absolute Gasteiger partial charge is 0.253 e. The van der Waals surface area contributed by atoms with Gasteiger partial charge < -0.3 is 11.1 Å². The van der Waals surface area contributed by atoms with Crippen LogP contribution in [0.3, 0.4) is 0 Å². The van der Waals surface area contributed by atoms with Crippen molar-refractivity contribution in [2.24, 2.45) is 5.73 Å². The van der Waals surface area contributed by atoms with Crippen LogP contribution in [0.4, 0.5) is 0 Å². The van der Waals surface area contributed by atoms with E-state index in [-0.39, 0.29) is 12.3 Å². The molecule has 1 atom stereocenters. The van der Waals surface area contributed by atoms with Gasteiger partial charge in [-0.05, 0) is 35.9 Å². The predicted octanol–water partition coefficient (Wildman–Crippen LogP) is 4.63. The highest BCUT2D eigenvalue weighted by Gasteiger charge is 2.23. The van der Waals surface area contributed by atoms with Gasteiger partial charge in [0.1, 0.15) is 6.04 Å². The first-order chi connectivity index (χ1) is 14.4. The maximum absolute atomic E-state index is 13.3. The molecule has 0 saturated carbocycles. The van der Waals surface area contributed by atoms with E-state index in [1.165, 1.54) is 0 Å². The molecule has 1 aromatic heterocycles. The molecule has 0 bridgehead atoms. The number of nitrogens with two attached hydrogens (primary N) is 1. The Hall–Kier alpha value is -2.96. The van der Waals surface area contributed by atoms with Crippen LogP contribution in [0.15, 0.2) is 71.2 Å². The Morgan fingerprint density at radius 2 is 1.60 bits per heavy atom. The van der Waals surface area contributed by atoms with Crippen molar-refractivity contribution in [3.8, 4) is 0 Å². The average molecular weight is 483 g/mol. The molecule has 0 aliphatic rings. The number of para-hydroxylation sites is 2. The number of aromatic nitrogens is 1. The summed E-state index contributed by atoms with van der Waals surface area (Å²) >= 11 is 9.53. The first-order valence-corrected chi connectivity index (χ1v) is 10.4. The zero-order chi connectivity index (χ0) is 21.3. The Balaban J connectivity index is 1.75. The molecule has 0 aliphatic carbocycles. The quantitative estimate of drug-likeness (QED) is 0.407. The van der Waals surface area contributed by atoms with Crippen molar-refractivity contribution >= 4 is 61.2 Å². The summed E-state index contributed by atoms with van der Waals surface area (Å²) in [5, 5.41) is 4.76. The lowest BCUT2D eigenvalue weighted by atomic mass is 10.0. The standard InChI is InChI=1S/C23H17BrClN3O2/c24-17-10-9-14(25)11-13(17)12-20(22(26)29)28-23(30)21-15-5-1-3-7-18(15)27-19-8-4-2-6-16(19)21/h1-11,20H,12H2,(H2,26,29)(H,28,30)/t20-/m1/s1. The molecule has 4 aromatic rings. The van der Waals surface area contributed by atoms with Gasteiger partial charge in [0.25, 0.3) is 5.91 Å². The number of rotatable bonds is 5. The van der Waals surface area contributed by atoms with Crippen molar-refractivity contribution in [2.45, 2.75) is 12.5 Å². The van der Waals surface area contributed by atoms with Gasteiger partial charge in [-0.2, -0.15) is 0 Å². The lowest BCUT2D eigenvalue weighted by Crippen LogP contribution is -2.46. The Bertz CT molecular complexity index is 1240. The second-order valence-electron chi connectivity index (χ2n) is 6.89. The van der Waals surface area contributed by atoms with Crippen molar-refractivity contribution in [1.82, 2.24) is 10.3 Å². The fraction of sp³-hybridized carbons (Fsp3) is 0.0870. The molecule has 3 aromatic carbocycles. The molecule has 5 nitrogen and oxygen atoms in total. The van der Waals surface area contributed by atoms with E-state index in [1.54, 1.807) is 18.2 Å². The Kier molecular flexibility index (Phi) is 5.70. The minimum atomic E-state index is -0.905. The second-order valence-corrected chi connectivity index (χ2v) is 8.18. The zero-order valence-corrected chi connectivity index (χ0v) is 18.1. The summed E-state index contributed by atoms with van der Waals surface area (Å²) in [4.78, 5) is 30.1. The highest BCUT2D eigenvalue weighted by molar-refractivity contribution is 9.10. The molecule has 30 heavy (non-hydrogen) atoms. The van der Waals surface area contributed by atoms with Crippen LogP contribution in [0, 0.1) is 0 Å². The number of halogens is 2. The molecule has 0 radical (unpaired) electrons. The van der Waals surface area contributed by atoms with Gasteiger partial charge in [-0.15, -0.1) is 0 Å². The Morgan fingerprint density at radius 3 is 2.20 bits per heavy atom. The maximum atomic E-state index is 13.3. The average Bonchev–Trinajstić information content (AvgIpc) is 2.73. The molecule has 3 N–H and O–H groups in total. The summed E-state index contributed by atoms with van der Waals surface area (Å²) in [7, 11) is 0. The summed E-state index contributed by atoms with van der Waals surface area (Å²) in [6, 6.07) is 19.2. The van der Waals surface area contributed by atoms with E-state index in [9.17, 15) is 9.59 Å². The van der Waals surface area contributed by atoms with Gasteiger partial charge in [0.2, 0.25) is 5.91 Å². The van der Waals surface area contributed by atoms with Gasteiger partial charge in [-0.3, -0.25) is 9.59 Å². The van der Waals surface area contributed by atoms with E-state index in [4.69, 9.17) is 17.3 Å².